The third kappa shape index (κ3) is 4.70. The minimum atomic E-state index is -0.179. The molecule has 1 N–H and O–H groups in total. The van der Waals surface area contributed by atoms with Gasteiger partial charge in [0.25, 0.3) is 5.91 Å². The molecular formula is C28H27N5O3S. The van der Waals surface area contributed by atoms with Gasteiger partial charge in [0.1, 0.15) is 11.3 Å². The molecule has 4 heterocycles. The number of thiophene rings is 1. The Morgan fingerprint density at radius 1 is 1.05 bits per heavy atom. The van der Waals surface area contributed by atoms with Gasteiger partial charge in [-0.05, 0) is 73.2 Å². The van der Waals surface area contributed by atoms with Gasteiger partial charge < -0.3 is 24.6 Å². The molecule has 0 unspecified atom stereocenters. The number of fused-ring (bicyclic) bond motifs is 2. The molecule has 1 saturated heterocycles. The number of aromatic nitrogens is 2. The van der Waals surface area contributed by atoms with Crippen LogP contribution in [0.25, 0.3) is 10.2 Å². The van der Waals surface area contributed by atoms with Gasteiger partial charge in [-0.3, -0.25) is 4.79 Å². The monoisotopic (exact) mass is 513 g/mol. The van der Waals surface area contributed by atoms with Crippen molar-refractivity contribution in [2.75, 3.05) is 41.4 Å². The van der Waals surface area contributed by atoms with Crippen LogP contribution in [0.1, 0.15) is 19.3 Å². The Balaban J connectivity index is 1.28. The van der Waals surface area contributed by atoms with Crippen molar-refractivity contribution in [2.24, 2.45) is 0 Å². The smallest absolute Gasteiger partial charge is 0.250 e. The lowest BCUT2D eigenvalue weighted by Gasteiger charge is -2.29. The minimum absolute atomic E-state index is 0.179. The molecule has 9 heteroatoms. The number of amides is 1. The van der Waals surface area contributed by atoms with Gasteiger partial charge in [0.05, 0.1) is 17.7 Å². The Morgan fingerprint density at radius 2 is 1.89 bits per heavy atom. The zero-order chi connectivity index (χ0) is 25.2. The summed E-state index contributed by atoms with van der Waals surface area (Å²) in [5.41, 5.74) is 3.58. The van der Waals surface area contributed by atoms with Crippen LogP contribution in [-0.4, -0.2) is 42.1 Å². The van der Waals surface area contributed by atoms with E-state index in [0.29, 0.717) is 42.2 Å². The van der Waals surface area contributed by atoms with Crippen molar-refractivity contribution in [2.45, 2.75) is 19.3 Å². The summed E-state index contributed by atoms with van der Waals surface area (Å²) in [6, 6.07) is 15.8. The molecule has 2 aliphatic heterocycles. The zero-order valence-electron chi connectivity index (χ0n) is 20.4. The summed E-state index contributed by atoms with van der Waals surface area (Å²) in [5.74, 6) is 1.69. The van der Waals surface area contributed by atoms with Crippen molar-refractivity contribution in [3.05, 3.63) is 66.6 Å². The van der Waals surface area contributed by atoms with Crippen LogP contribution in [0, 0.1) is 0 Å². The van der Waals surface area contributed by atoms with Crippen LogP contribution in [0.4, 0.5) is 23.0 Å². The van der Waals surface area contributed by atoms with Gasteiger partial charge in [0, 0.05) is 24.5 Å². The molecule has 6 rings (SSSR count). The van der Waals surface area contributed by atoms with Crippen LogP contribution in [0.2, 0.25) is 0 Å². The lowest BCUT2D eigenvalue weighted by Crippen LogP contribution is -2.36. The van der Waals surface area contributed by atoms with E-state index in [2.05, 4.69) is 46.0 Å². The number of rotatable bonds is 6. The van der Waals surface area contributed by atoms with Gasteiger partial charge >= 0.3 is 0 Å². The number of hydrogen-bond donors (Lipinski definition) is 1. The highest BCUT2D eigenvalue weighted by Crippen LogP contribution is 2.43. The van der Waals surface area contributed by atoms with Crippen LogP contribution in [0.5, 0.6) is 17.4 Å². The van der Waals surface area contributed by atoms with Crippen molar-refractivity contribution in [1.29, 1.82) is 0 Å². The Bertz CT molecular complexity index is 1450. The molecule has 0 spiro atoms. The van der Waals surface area contributed by atoms with Gasteiger partial charge in [-0.1, -0.05) is 12.6 Å². The van der Waals surface area contributed by atoms with E-state index >= 15 is 0 Å². The average Bonchev–Trinajstić information content (AvgIpc) is 3.42. The molecule has 2 aromatic carbocycles. The van der Waals surface area contributed by atoms with E-state index in [-0.39, 0.29) is 5.91 Å². The van der Waals surface area contributed by atoms with Gasteiger partial charge in [0.2, 0.25) is 11.8 Å². The van der Waals surface area contributed by atoms with Crippen LogP contribution in [0.15, 0.2) is 66.6 Å². The molecule has 4 aromatic rings. The molecule has 188 valence electrons. The van der Waals surface area contributed by atoms with Crippen molar-refractivity contribution < 1.29 is 14.3 Å². The SMILES string of the molecule is C=CC(=O)N1CCOc2c(Oc3nc(Nc4ccc(N5CCCCC5)cc4)nc4ccsc34)cccc21. The number of benzene rings is 2. The molecule has 0 bridgehead atoms. The first-order valence-corrected chi connectivity index (χ1v) is 13.3. The van der Waals surface area contributed by atoms with Gasteiger partial charge in [-0.25, -0.2) is 4.98 Å². The van der Waals surface area contributed by atoms with E-state index in [9.17, 15) is 4.79 Å². The predicted molar refractivity (Wildman–Crippen MR) is 148 cm³/mol. The number of carbonyl (C=O) groups excluding carboxylic acids is 1. The van der Waals surface area contributed by atoms with Gasteiger partial charge in [0.15, 0.2) is 11.5 Å². The fraction of sp³-hybridized carbons (Fsp3) is 0.250. The maximum absolute atomic E-state index is 12.4. The summed E-state index contributed by atoms with van der Waals surface area (Å²) in [6.45, 7) is 6.65. The van der Waals surface area contributed by atoms with Crippen molar-refractivity contribution >= 4 is 50.5 Å². The number of nitrogens with one attached hydrogen (secondary N) is 1. The van der Waals surface area contributed by atoms with Crippen LogP contribution >= 0.6 is 11.3 Å². The van der Waals surface area contributed by atoms with Crippen molar-refractivity contribution in [1.82, 2.24) is 9.97 Å². The summed E-state index contributed by atoms with van der Waals surface area (Å²) in [7, 11) is 0. The number of hydrogen-bond acceptors (Lipinski definition) is 8. The summed E-state index contributed by atoms with van der Waals surface area (Å²) in [6.07, 6.45) is 5.11. The maximum Gasteiger partial charge on any atom is 0.250 e. The fourth-order valence-electron chi connectivity index (χ4n) is 4.74. The number of anilines is 4. The standard InChI is InChI=1S/C28H27N5O3S/c1-2-24(34)33-16-17-35-25-22(33)7-6-8-23(25)36-27-26-21(13-18-37-26)30-28(31-27)29-19-9-11-20(12-10-19)32-14-4-3-5-15-32/h2,6-13,18H,1,3-5,14-17H2,(H,29,30,31). The van der Waals surface area contributed by atoms with Crippen LogP contribution in [-0.2, 0) is 4.79 Å². The van der Waals surface area contributed by atoms with E-state index in [1.165, 1.54) is 42.4 Å². The molecule has 1 amide bonds. The first-order chi connectivity index (χ1) is 18.2. The predicted octanol–water partition coefficient (Wildman–Crippen LogP) is 6.13. The van der Waals surface area contributed by atoms with E-state index in [1.54, 1.807) is 4.90 Å². The Labute approximate surface area is 219 Å². The molecule has 0 atom stereocenters. The number of carbonyl (C=O) groups is 1. The first-order valence-electron chi connectivity index (χ1n) is 12.4. The molecule has 37 heavy (non-hydrogen) atoms. The first kappa shape index (κ1) is 23.3. The summed E-state index contributed by atoms with van der Waals surface area (Å²) in [5, 5.41) is 5.29. The van der Waals surface area contributed by atoms with Crippen molar-refractivity contribution in [3.8, 4) is 17.4 Å². The topological polar surface area (TPSA) is 79.8 Å². The second-order valence-electron chi connectivity index (χ2n) is 8.96. The quantitative estimate of drug-likeness (QED) is 0.311. The second-order valence-corrected chi connectivity index (χ2v) is 9.87. The number of para-hydroxylation sites is 1. The Morgan fingerprint density at radius 3 is 2.70 bits per heavy atom. The number of nitrogens with zero attached hydrogens (tertiary/aromatic N) is 4. The highest BCUT2D eigenvalue weighted by molar-refractivity contribution is 7.17. The maximum atomic E-state index is 12.4. The van der Waals surface area contributed by atoms with Gasteiger partial charge in [-0.15, -0.1) is 11.3 Å². The minimum Gasteiger partial charge on any atom is -0.486 e. The van der Waals surface area contributed by atoms with Crippen molar-refractivity contribution in [3.63, 3.8) is 0 Å². The Hall–Kier alpha value is -4.11. The van der Waals surface area contributed by atoms with E-state index in [1.807, 2.05) is 29.6 Å². The highest BCUT2D eigenvalue weighted by Gasteiger charge is 2.26. The number of ether oxygens (including phenoxy) is 2. The molecule has 0 aliphatic carbocycles. The molecule has 1 fully saturated rings. The molecule has 2 aliphatic rings. The number of piperidine rings is 1. The summed E-state index contributed by atoms with van der Waals surface area (Å²) < 4.78 is 13.1. The Kier molecular flexibility index (Phi) is 6.36. The van der Waals surface area contributed by atoms with E-state index in [0.717, 1.165) is 29.0 Å². The van der Waals surface area contributed by atoms with Crippen LogP contribution in [0.3, 0.4) is 0 Å². The third-order valence-corrected chi connectivity index (χ3v) is 7.47. The third-order valence-electron chi connectivity index (χ3n) is 6.57. The molecular weight excluding hydrogens is 486 g/mol. The zero-order valence-corrected chi connectivity index (χ0v) is 21.2. The normalized spacial score (nSPS) is 15.1. The van der Waals surface area contributed by atoms with E-state index < -0.39 is 0 Å². The highest BCUT2D eigenvalue weighted by atomic mass is 32.1. The van der Waals surface area contributed by atoms with E-state index in [4.69, 9.17) is 14.5 Å². The summed E-state index contributed by atoms with van der Waals surface area (Å²) in [4.78, 5) is 25.8. The molecule has 2 aromatic heterocycles. The average molecular weight is 514 g/mol. The lowest BCUT2D eigenvalue weighted by atomic mass is 10.1. The lowest BCUT2D eigenvalue weighted by molar-refractivity contribution is -0.114. The summed E-state index contributed by atoms with van der Waals surface area (Å²) >= 11 is 1.51. The largest absolute Gasteiger partial charge is 0.486 e. The molecule has 0 radical (unpaired) electrons. The van der Waals surface area contributed by atoms with Gasteiger partial charge in [-0.2, -0.15) is 4.98 Å². The fourth-order valence-corrected chi connectivity index (χ4v) is 5.50. The molecule has 8 nitrogen and oxygen atoms in total. The molecule has 0 saturated carbocycles. The van der Waals surface area contributed by atoms with Crippen LogP contribution < -0.4 is 24.6 Å². The second kappa shape index (κ2) is 10.1.